The zero-order valence-corrected chi connectivity index (χ0v) is 14.0. The first-order valence-corrected chi connectivity index (χ1v) is 8.04. The summed E-state index contributed by atoms with van der Waals surface area (Å²) >= 11 is 0. The fraction of sp³-hybridized carbons (Fsp3) is 0.500. The Morgan fingerprint density at radius 2 is 2.13 bits per heavy atom. The van der Waals surface area contributed by atoms with Crippen LogP contribution in [0.4, 0.5) is 0 Å². The zero-order valence-electron chi connectivity index (χ0n) is 14.0. The number of rotatable bonds is 5. The van der Waals surface area contributed by atoms with Crippen molar-refractivity contribution in [3.8, 4) is 5.75 Å². The van der Waals surface area contributed by atoms with Crippen LogP contribution in [-0.2, 0) is 12.1 Å². The van der Waals surface area contributed by atoms with E-state index in [0.29, 0.717) is 6.54 Å². The van der Waals surface area contributed by atoms with Gasteiger partial charge in [0.05, 0.1) is 19.3 Å². The van der Waals surface area contributed by atoms with Gasteiger partial charge in [0.25, 0.3) is 0 Å². The molecule has 1 aromatic heterocycles. The van der Waals surface area contributed by atoms with E-state index in [9.17, 15) is 5.11 Å². The molecule has 3 rings (SSSR count). The molecule has 0 radical (unpaired) electrons. The summed E-state index contributed by atoms with van der Waals surface area (Å²) in [6.45, 7) is 5.44. The lowest BCUT2D eigenvalue weighted by Gasteiger charge is -2.36. The van der Waals surface area contributed by atoms with Gasteiger partial charge in [-0.25, -0.2) is 0 Å². The van der Waals surface area contributed by atoms with E-state index in [1.165, 1.54) is 0 Å². The van der Waals surface area contributed by atoms with Crippen LogP contribution in [0.15, 0.2) is 34.9 Å². The van der Waals surface area contributed by atoms with E-state index in [-0.39, 0.29) is 6.04 Å². The molecule has 2 aromatic rings. The van der Waals surface area contributed by atoms with Crippen molar-refractivity contribution < 1.29 is 14.4 Å². The molecule has 0 amide bonds. The van der Waals surface area contributed by atoms with Gasteiger partial charge in [0.15, 0.2) is 5.76 Å². The Morgan fingerprint density at radius 1 is 1.39 bits per heavy atom. The van der Waals surface area contributed by atoms with E-state index in [1.807, 2.05) is 44.2 Å². The van der Waals surface area contributed by atoms with E-state index in [4.69, 9.17) is 9.26 Å². The van der Waals surface area contributed by atoms with Crippen LogP contribution in [0.2, 0.25) is 0 Å². The van der Waals surface area contributed by atoms with Crippen molar-refractivity contribution >= 4 is 0 Å². The van der Waals surface area contributed by atoms with Crippen molar-refractivity contribution in [2.75, 3.05) is 13.7 Å². The third-order valence-corrected chi connectivity index (χ3v) is 4.72. The molecule has 2 atom stereocenters. The normalized spacial score (nSPS) is 21.3. The third-order valence-electron chi connectivity index (χ3n) is 4.72. The van der Waals surface area contributed by atoms with Crippen LogP contribution < -0.4 is 4.74 Å². The molecule has 23 heavy (non-hydrogen) atoms. The molecule has 1 N–H and O–H groups in total. The number of aromatic nitrogens is 1. The Balaban J connectivity index is 1.79. The first kappa shape index (κ1) is 16.0. The highest BCUT2D eigenvalue weighted by Crippen LogP contribution is 2.36. The molecule has 0 bridgehead atoms. The second-order valence-corrected chi connectivity index (χ2v) is 6.44. The van der Waals surface area contributed by atoms with Crippen LogP contribution in [0.3, 0.4) is 0 Å². The van der Waals surface area contributed by atoms with Crippen molar-refractivity contribution in [1.82, 2.24) is 10.1 Å². The summed E-state index contributed by atoms with van der Waals surface area (Å²) < 4.78 is 10.5. The minimum Gasteiger partial charge on any atom is -0.497 e. The number of methoxy groups -OCH3 is 1. The third kappa shape index (κ3) is 3.26. The SMILES string of the molecule is COc1ccc([C@](C)(O)[C@@H]2CCCN2Cc2cc(C)no2)cc1. The maximum atomic E-state index is 11.2. The Labute approximate surface area is 136 Å². The van der Waals surface area contributed by atoms with Crippen LogP contribution in [0.5, 0.6) is 5.75 Å². The second-order valence-electron chi connectivity index (χ2n) is 6.44. The summed E-state index contributed by atoms with van der Waals surface area (Å²) in [5.41, 5.74) is 0.874. The highest BCUT2D eigenvalue weighted by Gasteiger charge is 2.40. The maximum Gasteiger partial charge on any atom is 0.150 e. The van der Waals surface area contributed by atoms with Crippen molar-refractivity contribution in [2.45, 2.75) is 44.9 Å². The molecule has 1 aliphatic heterocycles. The molecule has 124 valence electrons. The van der Waals surface area contributed by atoms with Crippen LogP contribution in [0.25, 0.3) is 0 Å². The zero-order chi connectivity index (χ0) is 16.4. The molecule has 1 fully saturated rings. The van der Waals surface area contributed by atoms with Crippen LogP contribution in [-0.4, -0.2) is 34.9 Å². The van der Waals surface area contributed by atoms with Crippen molar-refractivity contribution in [1.29, 1.82) is 0 Å². The molecule has 0 saturated carbocycles. The van der Waals surface area contributed by atoms with Gasteiger partial charge in [-0.2, -0.15) is 0 Å². The summed E-state index contributed by atoms with van der Waals surface area (Å²) in [5, 5.41) is 15.1. The van der Waals surface area contributed by atoms with Gasteiger partial charge in [0, 0.05) is 12.1 Å². The number of hydrogen-bond donors (Lipinski definition) is 1. The number of aliphatic hydroxyl groups is 1. The largest absolute Gasteiger partial charge is 0.497 e. The smallest absolute Gasteiger partial charge is 0.150 e. The van der Waals surface area contributed by atoms with Gasteiger partial charge in [0.1, 0.15) is 11.4 Å². The van der Waals surface area contributed by atoms with E-state index in [1.54, 1.807) is 7.11 Å². The van der Waals surface area contributed by atoms with Gasteiger partial charge in [-0.3, -0.25) is 4.90 Å². The summed E-state index contributed by atoms with van der Waals surface area (Å²) in [5.74, 6) is 1.64. The molecule has 0 unspecified atom stereocenters. The number of aryl methyl sites for hydroxylation is 1. The van der Waals surface area contributed by atoms with Crippen molar-refractivity contribution in [2.24, 2.45) is 0 Å². The number of nitrogens with zero attached hydrogens (tertiary/aromatic N) is 2. The Morgan fingerprint density at radius 3 is 2.74 bits per heavy atom. The standard InChI is InChI=1S/C18H24N2O3/c1-13-11-16(23-19-13)12-20-10-4-5-17(20)18(2,21)14-6-8-15(22-3)9-7-14/h6-9,11,17,21H,4-5,10,12H2,1-3H3/t17-,18-/m0/s1. The average Bonchev–Trinajstić information content (AvgIpc) is 3.17. The lowest BCUT2D eigenvalue weighted by Crippen LogP contribution is -2.45. The topological polar surface area (TPSA) is 58.7 Å². The molecule has 2 heterocycles. The van der Waals surface area contributed by atoms with Crippen LogP contribution in [0.1, 0.15) is 36.8 Å². The van der Waals surface area contributed by atoms with E-state index in [0.717, 1.165) is 42.2 Å². The van der Waals surface area contributed by atoms with Gasteiger partial charge < -0.3 is 14.4 Å². The number of benzene rings is 1. The van der Waals surface area contributed by atoms with Crippen molar-refractivity contribution in [3.05, 3.63) is 47.3 Å². The van der Waals surface area contributed by atoms with Gasteiger partial charge in [-0.1, -0.05) is 17.3 Å². The molecular formula is C18H24N2O3. The van der Waals surface area contributed by atoms with E-state index >= 15 is 0 Å². The summed E-state index contributed by atoms with van der Waals surface area (Å²) in [6, 6.07) is 9.67. The van der Waals surface area contributed by atoms with Gasteiger partial charge in [-0.05, 0) is 50.9 Å². The Hall–Kier alpha value is -1.85. The van der Waals surface area contributed by atoms with Gasteiger partial charge in [-0.15, -0.1) is 0 Å². The second kappa shape index (κ2) is 6.34. The van der Waals surface area contributed by atoms with Gasteiger partial charge in [0.2, 0.25) is 0 Å². The molecule has 5 nitrogen and oxygen atoms in total. The maximum absolute atomic E-state index is 11.2. The molecule has 0 spiro atoms. The molecular weight excluding hydrogens is 292 g/mol. The van der Waals surface area contributed by atoms with Gasteiger partial charge >= 0.3 is 0 Å². The fourth-order valence-electron chi connectivity index (χ4n) is 3.46. The average molecular weight is 316 g/mol. The molecule has 1 aliphatic rings. The summed E-state index contributed by atoms with van der Waals surface area (Å²) in [7, 11) is 1.64. The van der Waals surface area contributed by atoms with E-state index in [2.05, 4.69) is 10.1 Å². The quantitative estimate of drug-likeness (QED) is 0.919. The molecule has 5 heteroatoms. The first-order chi connectivity index (χ1) is 11.0. The monoisotopic (exact) mass is 316 g/mol. The number of hydrogen-bond acceptors (Lipinski definition) is 5. The lowest BCUT2D eigenvalue weighted by atomic mass is 9.86. The molecule has 1 saturated heterocycles. The van der Waals surface area contributed by atoms with Crippen molar-refractivity contribution in [3.63, 3.8) is 0 Å². The fourth-order valence-corrected chi connectivity index (χ4v) is 3.46. The first-order valence-electron chi connectivity index (χ1n) is 8.04. The Kier molecular flexibility index (Phi) is 4.41. The summed E-state index contributed by atoms with van der Waals surface area (Å²) in [4.78, 5) is 2.28. The van der Waals surface area contributed by atoms with E-state index < -0.39 is 5.60 Å². The minimum absolute atomic E-state index is 0.0568. The summed E-state index contributed by atoms with van der Waals surface area (Å²) in [6.07, 6.45) is 2.04. The molecule has 0 aliphatic carbocycles. The van der Waals surface area contributed by atoms with Crippen LogP contribution >= 0.6 is 0 Å². The Bertz CT molecular complexity index is 649. The molecule has 1 aromatic carbocycles. The number of ether oxygens (including phenoxy) is 1. The van der Waals surface area contributed by atoms with Crippen LogP contribution in [0, 0.1) is 6.92 Å². The number of likely N-dealkylation sites (tertiary alicyclic amines) is 1. The highest BCUT2D eigenvalue weighted by molar-refractivity contribution is 5.31. The lowest BCUT2D eigenvalue weighted by molar-refractivity contribution is -0.0274. The predicted molar refractivity (Wildman–Crippen MR) is 87.2 cm³/mol. The minimum atomic E-state index is -0.919. The predicted octanol–water partition coefficient (Wildman–Crippen LogP) is 2.86. The highest BCUT2D eigenvalue weighted by atomic mass is 16.5.